The minimum atomic E-state index is -0.645. The lowest BCUT2D eigenvalue weighted by molar-refractivity contribution is 0.0524. The van der Waals surface area contributed by atoms with Crippen molar-refractivity contribution in [3.63, 3.8) is 0 Å². The highest BCUT2D eigenvalue weighted by atomic mass is 16.5. The van der Waals surface area contributed by atoms with Gasteiger partial charge in [0, 0.05) is 6.20 Å². The zero-order valence-electron chi connectivity index (χ0n) is 14.4. The molecule has 0 aliphatic rings. The van der Waals surface area contributed by atoms with E-state index in [0.717, 1.165) is 16.7 Å². The number of esters is 1. The highest BCUT2D eigenvalue weighted by molar-refractivity contribution is 5.93. The van der Waals surface area contributed by atoms with Gasteiger partial charge in [-0.3, -0.25) is 9.20 Å². The summed E-state index contributed by atoms with van der Waals surface area (Å²) in [5.74, 6) is -0.645. The summed E-state index contributed by atoms with van der Waals surface area (Å²) in [7, 11) is 0. The second-order valence-electron chi connectivity index (χ2n) is 6.04. The maximum atomic E-state index is 12.3. The lowest BCUT2D eigenvalue weighted by atomic mass is 10.0. The van der Waals surface area contributed by atoms with Gasteiger partial charge >= 0.3 is 5.97 Å². The smallest absolute Gasteiger partial charge is 0.343 e. The van der Waals surface area contributed by atoms with Crippen molar-refractivity contribution in [3.05, 3.63) is 70.1 Å². The average molecular weight is 347 g/mol. The molecular formula is C20H17N3O3. The van der Waals surface area contributed by atoms with Crippen LogP contribution in [-0.2, 0) is 4.74 Å². The number of aryl methyl sites for hydroxylation is 1. The molecule has 0 fully saturated rings. The molecule has 0 amide bonds. The van der Waals surface area contributed by atoms with Gasteiger partial charge in [0.15, 0.2) is 0 Å². The molecule has 1 aromatic carbocycles. The van der Waals surface area contributed by atoms with E-state index in [2.05, 4.69) is 29.0 Å². The number of ether oxygens (including phenoxy) is 1. The molecular weight excluding hydrogens is 330 g/mol. The van der Waals surface area contributed by atoms with E-state index in [9.17, 15) is 9.59 Å². The lowest BCUT2D eigenvalue weighted by Crippen LogP contribution is -2.19. The molecule has 0 aliphatic heterocycles. The molecule has 3 aromatic heterocycles. The quantitative estimate of drug-likeness (QED) is 0.577. The van der Waals surface area contributed by atoms with Gasteiger partial charge in [-0.2, -0.15) is 0 Å². The van der Waals surface area contributed by atoms with E-state index in [1.807, 2.05) is 34.9 Å². The van der Waals surface area contributed by atoms with Crippen LogP contribution in [0.2, 0.25) is 0 Å². The number of carbonyl (C=O) groups excluding carboxylic acids is 1. The number of pyridine rings is 2. The molecule has 0 saturated carbocycles. The standard InChI is InChI=1S/C20H17N3O3/c1-3-26-20(25)15-10-16-18(22-19(15)24)23-11-13(8-9-17(23)21-16)14-7-5-4-6-12(14)2/h4-11H,3H2,1-2H3,(H,22,24). The van der Waals surface area contributed by atoms with Gasteiger partial charge in [0.25, 0.3) is 5.56 Å². The van der Waals surface area contributed by atoms with E-state index in [4.69, 9.17) is 4.74 Å². The Morgan fingerprint density at radius 2 is 2.04 bits per heavy atom. The van der Waals surface area contributed by atoms with Crippen molar-refractivity contribution in [2.24, 2.45) is 0 Å². The highest BCUT2D eigenvalue weighted by Gasteiger charge is 2.16. The van der Waals surface area contributed by atoms with Crippen LogP contribution in [0.25, 0.3) is 27.9 Å². The summed E-state index contributed by atoms with van der Waals surface area (Å²) in [5, 5.41) is 0. The number of aromatic amines is 1. The number of nitrogens with zero attached hydrogens (tertiary/aromatic N) is 2. The molecule has 6 heteroatoms. The monoisotopic (exact) mass is 347 g/mol. The molecule has 0 atom stereocenters. The molecule has 4 rings (SSSR count). The van der Waals surface area contributed by atoms with Crippen molar-refractivity contribution < 1.29 is 9.53 Å². The Morgan fingerprint density at radius 3 is 2.81 bits per heavy atom. The van der Waals surface area contributed by atoms with Crippen molar-refractivity contribution in [2.75, 3.05) is 6.61 Å². The Labute approximate surface area is 149 Å². The molecule has 0 bridgehead atoms. The van der Waals surface area contributed by atoms with Gasteiger partial charge in [-0.1, -0.05) is 24.3 Å². The second kappa shape index (κ2) is 6.15. The molecule has 130 valence electrons. The van der Waals surface area contributed by atoms with Crippen LogP contribution < -0.4 is 5.56 Å². The van der Waals surface area contributed by atoms with Gasteiger partial charge < -0.3 is 9.72 Å². The molecule has 4 aromatic rings. The third kappa shape index (κ3) is 2.56. The largest absolute Gasteiger partial charge is 0.462 e. The number of hydrogen-bond acceptors (Lipinski definition) is 4. The van der Waals surface area contributed by atoms with Crippen LogP contribution >= 0.6 is 0 Å². The van der Waals surface area contributed by atoms with Gasteiger partial charge in [0.1, 0.15) is 22.4 Å². The molecule has 26 heavy (non-hydrogen) atoms. The molecule has 1 N–H and O–H groups in total. The third-order valence-corrected chi connectivity index (χ3v) is 4.35. The zero-order valence-corrected chi connectivity index (χ0v) is 14.4. The third-order valence-electron chi connectivity index (χ3n) is 4.35. The van der Waals surface area contributed by atoms with E-state index in [0.29, 0.717) is 16.8 Å². The lowest BCUT2D eigenvalue weighted by Gasteiger charge is -2.06. The summed E-state index contributed by atoms with van der Waals surface area (Å²) in [6, 6.07) is 13.5. The first kappa shape index (κ1) is 16.1. The topological polar surface area (TPSA) is 76.5 Å². The highest BCUT2D eigenvalue weighted by Crippen LogP contribution is 2.25. The van der Waals surface area contributed by atoms with Crippen molar-refractivity contribution in [1.82, 2.24) is 14.4 Å². The van der Waals surface area contributed by atoms with Crippen LogP contribution in [0.1, 0.15) is 22.8 Å². The van der Waals surface area contributed by atoms with Crippen LogP contribution in [0.5, 0.6) is 0 Å². The van der Waals surface area contributed by atoms with Crippen molar-refractivity contribution in [3.8, 4) is 11.1 Å². The molecule has 0 saturated heterocycles. The van der Waals surface area contributed by atoms with Crippen molar-refractivity contribution in [1.29, 1.82) is 0 Å². The summed E-state index contributed by atoms with van der Waals surface area (Å²) < 4.78 is 6.76. The number of H-pyrrole nitrogens is 1. The fourth-order valence-electron chi connectivity index (χ4n) is 3.08. The number of benzene rings is 1. The van der Waals surface area contributed by atoms with Crippen LogP contribution in [0.3, 0.4) is 0 Å². The number of rotatable bonds is 3. The maximum absolute atomic E-state index is 12.3. The first-order chi connectivity index (χ1) is 12.6. The van der Waals surface area contributed by atoms with E-state index < -0.39 is 11.5 Å². The van der Waals surface area contributed by atoms with Gasteiger partial charge in [-0.05, 0) is 48.7 Å². The second-order valence-corrected chi connectivity index (χ2v) is 6.04. The fraction of sp³-hybridized carbons (Fsp3) is 0.150. The summed E-state index contributed by atoms with van der Waals surface area (Å²) in [4.78, 5) is 31.5. The van der Waals surface area contributed by atoms with E-state index in [1.54, 1.807) is 6.92 Å². The predicted molar refractivity (Wildman–Crippen MR) is 99.4 cm³/mol. The number of imidazole rings is 1. The molecule has 3 heterocycles. The van der Waals surface area contributed by atoms with Crippen LogP contribution in [0.15, 0.2) is 53.5 Å². The molecule has 0 unspecified atom stereocenters. The number of nitrogens with one attached hydrogen (secondary N) is 1. The Bertz CT molecular complexity index is 1200. The van der Waals surface area contributed by atoms with Gasteiger partial charge in [-0.15, -0.1) is 0 Å². The van der Waals surface area contributed by atoms with E-state index in [1.165, 1.54) is 6.07 Å². The molecule has 6 nitrogen and oxygen atoms in total. The van der Waals surface area contributed by atoms with Crippen LogP contribution in [0.4, 0.5) is 0 Å². The van der Waals surface area contributed by atoms with Crippen LogP contribution in [-0.4, -0.2) is 26.9 Å². The normalized spacial score (nSPS) is 11.2. The SMILES string of the molecule is CCOC(=O)c1cc2nc3ccc(-c4ccccc4C)cn3c2[nH]c1=O. The first-order valence-electron chi connectivity index (χ1n) is 8.36. The molecule has 0 spiro atoms. The molecule has 0 aliphatic carbocycles. The van der Waals surface area contributed by atoms with Gasteiger partial charge in [-0.25, -0.2) is 9.78 Å². The zero-order chi connectivity index (χ0) is 18.3. The Morgan fingerprint density at radius 1 is 1.23 bits per heavy atom. The number of fused-ring (bicyclic) bond motifs is 3. The predicted octanol–water partition coefficient (Wildman–Crippen LogP) is 3.33. The summed E-state index contributed by atoms with van der Waals surface area (Å²) in [6.45, 7) is 3.96. The number of aromatic nitrogens is 3. The van der Waals surface area contributed by atoms with Gasteiger partial charge in [0.05, 0.1) is 6.61 Å². The van der Waals surface area contributed by atoms with Gasteiger partial charge in [0.2, 0.25) is 0 Å². The van der Waals surface area contributed by atoms with E-state index in [-0.39, 0.29) is 12.2 Å². The van der Waals surface area contributed by atoms with Crippen molar-refractivity contribution >= 4 is 22.8 Å². The average Bonchev–Trinajstić information content (AvgIpc) is 2.98. The maximum Gasteiger partial charge on any atom is 0.343 e. The summed E-state index contributed by atoms with van der Waals surface area (Å²) >= 11 is 0. The Balaban J connectivity index is 1.92. The Hall–Kier alpha value is -3.41. The van der Waals surface area contributed by atoms with E-state index >= 15 is 0 Å². The summed E-state index contributed by atoms with van der Waals surface area (Å²) in [5.41, 5.74) is 4.54. The Kier molecular flexibility index (Phi) is 3.80. The number of hydrogen-bond donors (Lipinski definition) is 1. The summed E-state index contributed by atoms with van der Waals surface area (Å²) in [6.07, 6.45) is 1.94. The van der Waals surface area contributed by atoms with Crippen LogP contribution in [0, 0.1) is 6.92 Å². The van der Waals surface area contributed by atoms with Crippen molar-refractivity contribution in [2.45, 2.75) is 13.8 Å². The fourth-order valence-corrected chi connectivity index (χ4v) is 3.08. The minimum Gasteiger partial charge on any atom is -0.462 e. The first-order valence-corrected chi connectivity index (χ1v) is 8.36. The minimum absolute atomic E-state index is 0.0399. The number of carbonyl (C=O) groups is 1. The molecule has 0 radical (unpaired) electrons.